The summed E-state index contributed by atoms with van der Waals surface area (Å²) in [5, 5.41) is 12.1. The lowest BCUT2D eigenvalue weighted by Gasteiger charge is -2.12. The van der Waals surface area contributed by atoms with Gasteiger partial charge in [-0.1, -0.05) is 30.4 Å². The molecule has 1 N–H and O–H groups in total. The molecule has 0 radical (unpaired) electrons. The normalized spacial score (nSPS) is 10.7. The van der Waals surface area contributed by atoms with Crippen molar-refractivity contribution >= 4 is 33.6 Å². The van der Waals surface area contributed by atoms with Gasteiger partial charge in [-0.15, -0.1) is 0 Å². The number of hydrogen-bond acceptors (Lipinski definition) is 4. The van der Waals surface area contributed by atoms with Crippen LogP contribution in [0.2, 0.25) is 0 Å². The molecule has 138 valence electrons. The highest BCUT2D eigenvalue weighted by atomic mass is 79.9. The van der Waals surface area contributed by atoms with Gasteiger partial charge in [0.1, 0.15) is 18.2 Å². The Morgan fingerprint density at radius 2 is 2.04 bits per heavy atom. The second-order valence-corrected chi connectivity index (χ2v) is 6.48. The number of carbonyl (C=O) groups excluding carboxylic acids is 1. The average molecular weight is 427 g/mol. The van der Waals surface area contributed by atoms with E-state index < -0.39 is 5.91 Å². The standard InChI is InChI=1S/C21H19BrN2O3/c1-4-9-27-20-18(22)11-15(12-19(20)26-3)10-16(13-23)21(25)24-17-7-5-14(2)6-8-17/h4-8,10-12H,1,9H2,2-3H3,(H,24,25)/b16-10+. The van der Waals surface area contributed by atoms with Crippen molar-refractivity contribution in [2.45, 2.75) is 6.92 Å². The van der Waals surface area contributed by atoms with Gasteiger partial charge in [0, 0.05) is 5.69 Å². The topological polar surface area (TPSA) is 71.3 Å². The van der Waals surface area contributed by atoms with E-state index in [9.17, 15) is 10.1 Å². The molecule has 0 saturated heterocycles. The second kappa shape index (κ2) is 9.60. The molecule has 0 saturated carbocycles. The zero-order valence-corrected chi connectivity index (χ0v) is 16.7. The molecule has 0 unspecified atom stereocenters. The predicted octanol–water partition coefficient (Wildman–Crippen LogP) is 4.88. The molecule has 0 spiro atoms. The Morgan fingerprint density at radius 3 is 2.63 bits per heavy atom. The third kappa shape index (κ3) is 5.47. The number of carbonyl (C=O) groups is 1. The molecular formula is C21H19BrN2O3. The number of amides is 1. The molecule has 2 aromatic carbocycles. The number of aryl methyl sites for hydroxylation is 1. The fourth-order valence-electron chi connectivity index (χ4n) is 2.26. The summed E-state index contributed by atoms with van der Waals surface area (Å²) in [5.74, 6) is 0.522. The summed E-state index contributed by atoms with van der Waals surface area (Å²) in [7, 11) is 1.52. The van der Waals surface area contributed by atoms with Crippen molar-refractivity contribution in [2.75, 3.05) is 19.0 Å². The largest absolute Gasteiger partial charge is 0.493 e. The van der Waals surface area contributed by atoms with Crippen molar-refractivity contribution < 1.29 is 14.3 Å². The molecule has 0 heterocycles. The van der Waals surface area contributed by atoms with Gasteiger partial charge in [-0.2, -0.15) is 5.26 Å². The van der Waals surface area contributed by atoms with Crippen molar-refractivity contribution in [1.29, 1.82) is 5.26 Å². The SMILES string of the molecule is C=CCOc1c(Br)cc(/C=C(\C#N)C(=O)Nc2ccc(C)cc2)cc1OC. The molecule has 6 heteroatoms. The highest BCUT2D eigenvalue weighted by molar-refractivity contribution is 9.10. The maximum Gasteiger partial charge on any atom is 0.266 e. The van der Waals surface area contributed by atoms with Crippen LogP contribution in [0.25, 0.3) is 6.08 Å². The van der Waals surface area contributed by atoms with Crippen LogP contribution in [0.15, 0.2) is 59.1 Å². The fraction of sp³-hybridized carbons (Fsp3) is 0.143. The van der Waals surface area contributed by atoms with E-state index in [0.29, 0.717) is 33.8 Å². The first kappa shape index (κ1) is 20.3. The lowest BCUT2D eigenvalue weighted by molar-refractivity contribution is -0.112. The Bertz CT molecular complexity index is 912. The van der Waals surface area contributed by atoms with E-state index in [1.54, 1.807) is 30.3 Å². The number of nitrogens with zero attached hydrogens (tertiary/aromatic N) is 1. The van der Waals surface area contributed by atoms with Gasteiger partial charge in [-0.3, -0.25) is 4.79 Å². The van der Waals surface area contributed by atoms with Crippen LogP contribution in [0, 0.1) is 18.3 Å². The number of ether oxygens (including phenoxy) is 2. The average Bonchev–Trinajstić information content (AvgIpc) is 2.66. The monoisotopic (exact) mass is 426 g/mol. The molecule has 0 aliphatic rings. The number of hydrogen-bond donors (Lipinski definition) is 1. The lowest BCUT2D eigenvalue weighted by atomic mass is 10.1. The van der Waals surface area contributed by atoms with Crippen LogP contribution in [0.1, 0.15) is 11.1 Å². The predicted molar refractivity (Wildman–Crippen MR) is 110 cm³/mol. The van der Waals surface area contributed by atoms with E-state index in [1.165, 1.54) is 13.2 Å². The second-order valence-electron chi connectivity index (χ2n) is 5.62. The summed E-state index contributed by atoms with van der Waals surface area (Å²) < 4.78 is 11.6. The maximum absolute atomic E-state index is 12.4. The number of methoxy groups -OCH3 is 1. The summed E-state index contributed by atoms with van der Waals surface area (Å²) in [6.07, 6.45) is 3.12. The van der Waals surface area contributed by atoms with Crippen LogP contribution < -0.4 is 14.8 Å². The molecule has 5 nitrogen and oxygen atoms in total. The summed E-state index contributed by atoms with van der Waals surface area (Å²) >= 11 is 3.43. The summed E-state index contributed by atoms with van der Waals surface area (Å²) in [5.41, 5.74) is 2.31. The van der Waals surface area contributed by atoms with E-state index in [4.69, 9.17) is 9.47 Å². The van der Waals surface area contributed by atoms with Gasteiger partial charge in [-0.05, 0) is 58.8 Å². The van der Waals surface area contributed by atoms with Crippen LogP contribution in [-0.4, -0.2) is 19.6 Å². The zero-order valence-electron chi connectivity index (χ0n) is 15.1. The maximum atomic E-state index is 12.4. The van der Waals surface area contributed by atoms with Gasteiger partial charge in [0.25, 0.3) is 5.91 Å². The van der Waals surface area contributed by atoms with Crippen molar-refractivity contribution in [3.05, 3.63) is 70.2 Å². The van der Waals surface area contributed by atoms with Gasteiger partial charge < -0.3 is 14.8 Å². The zero-order chi connectivity index (χ0) is 19.8. The van der Waals surface area contributed by atoms with E-state index in [-0.39, 0.29) is 5.57 Å². The van der Waals surface area contributed by atoms with Crippen molar-refractivity contribution in [3.63, 3.8) is 0 Å². The van der Waals surface area contributed by atoms with Crippen molar-refractivity contribution in [3.8, 4) is 17.6 Å². The highest BCUT2D eigenvalue weighted by Gasteiger charge is 2.14. The summed E-state index contributed by atoms with van der Waals surface area (Å²) in [6.45, 7) is 5.90. The van der Waals surface area contributed by atoms with Gasteiger partial charge in [0.15, 0.2) is 11.5 Å². The smallest absolute Gasteiger partial charge is 0.266 e. The Hall–Kier alpha value is -3.04. The Morgan fingerprint density at radius 1 is 1.33 bits per heavy atom. The first-order valence-electron chi connectivity index (χ1n) is 8.09. The van der Waals surface area contributed by atoms with Gasteiger partial charge >= 0.3 is 0 Å². The molecule has 27 heavy (non-hydrogen) atoms. The van der Waals surface area contributed by atoms with Crippen LogP contribution in [-0.2, 0) is 4.79 Å². The highest BCUT2D eigenvalue weighted by Crippen LogP contribution is 2.37. The third-order valence-electron chi connectivity index (χ3n) is 3.58. The summed E-state index contributed by atoms with van der Waals surface area (Å²) in [4.78, 5) is 12.4. The van der Waals surface area contributed by atoms with Crippen LogP contribution in [0.4, 0.5) is 5.69 Å². The molecule has 0 bridgehead atoms. The third-order valence-corrected chi connectivity index (χ3v) is 4.17. The van der Waals surface area contributed by atoms with Crippen molar-refractivity contribution in [2.24, 2.45) is 0 Å². The first-order valence-corrected chi connectivity index (χ1v) is 8.88. The van der Waals surface area contributed by atoms with Crippen LogP contribution >= 0.6 is 15.9 Å². The molecule has 0 aliphatic carbocycles. The van der Waals surface area contributed by atoms with Crippen LogP contribution in [0.5, 0.6) is 11.5 Å². The van der Waals surface area contributed by atoms with E-state index in [0.717, 1.165) is 5.56 Å². The number of anilines is 1. The minimum absolute atomic E-state index is 0.0238. The Kier molecular flexibility index (Phi) is 7.21. The number of nitriles is 1. The molecule has 2 rings (SSSR count). The minimum atomic E-state index is -0.483. The Balaban J connectivity index is 2.29. The number of benzene rings is 2. The molecule has 0 aromatic heterocycles. The fourth-order valence-corrected chi connectivity index (χ4v) is 2.83. The van der Waals surface area contributed by atoms with Crippen molar-refractivity contribution in [1.82, 2.24) is 0 Å². The first-order chi connectivity index (χ1) is 13.0. The Labute approximate surface area is 167 Å². The minimum Gasteiger partial charge on any atom is -0.493 e. The number of nitrogens with one attached hydrogen (secondary N) is 1. The number of halogens is 1. The van der Waals surface area contributed by atoms with Crippen LogP contribution in [0.3, 0.4) is 0 Å². The van der Waals surface area contributed by atoms with E-state index in [2.05, 4.69) is 27.8 Å². The van der Waals surface area contributed by atoms with E-state index in [1.807, 2.05) is 25.1 Å². The van der Waals surface area contributed by atoms with Gasteiger partial charge in [0.2, 0.25) is 0 Å². The lowest BCUT2D eigenvalue weighted by Crippen LogP contribution is -2.13. The molecule has 0 aliphatic heterocycles. The molecular weight excluding hydrogens is 408 g/mol. The molecule has 2 aromatic rings. The van der Waals surface area contributed by atoms with Gasteiger partial charge in [0.05, 0.1) is 11.6 Å². The number of rotatable bonds is 7. The summed E-state index contributed by atoms with van der Waals surface area (Å²) in [6, 6.07) is 12.7. The molecule has 0 atom stereocenters. The molecule has 1 amide bonds. The van der Waals surface area contributed by atoms with E-state index >= 15 is 0 Å². The quantitative estimate of drug-likeness (QED) is 0.389. The molecule has 0 fully saturated rings. The van der Waals surface area contributed by atoms with Gasteiger partial charge in [-0.25, -0.2) is 0 Å².